The highest BCUT2D eigenvalue weighted by Crippen LogP contribution is 2.20. The second-order valence-electron chi connectivity index (χ2n) is 2.37. The molecular formula is C9H11N3O. The molecule has 0 bridgehead atoms. The Morgan fingerprint density at radius 2 is 2.54 bits per heavy atom. The van der Waals surface area contributed by atoms with Gasteiger partial charge < -0.3 is 4.74 Å². The van der Waals surface area contributed by atoms with Crippen LogP contribution in [0.1, 0.15) is 11.6 Å². The second-order valence-corrected chi connectivity index (χ2v) is 2.37. The Morgan fingerprint density at radius 3 is 3.08 bits per heavy atom. The molecule has 0 fully saturated rings. The Kier molecular flexibility index (Phi) is 3.26. The first-order chi connectivity index (χ1) is 6.33. The highest BCUT2D eigenvalue weighted by atomic mass is 16.5. The van der Waals surface area contributed by atoms with Crippen molar-refractivity contribution in [2.45, 2.75) is 6.04 Å². The molecule has 68 valence electrons. The topological polar surface area (TPSA) is 60.2 Å². The summed E-state index contributed by atoms with van der Waals surface area (Å²) in [5, 5.41) is 0. The van der Waals surface area contributed by atoms with Gasteiger partial charge >= 0.3 is 0 Å². The van der Waals surface area contributed by atoms with Crippen molar-refractivity contribution in [2.75, 3.05) is 7.11 Å². The van der Waals surface area contributed by atoms with Gasteiger partial charge in [-0.3, -0.25) is 5.84 Å². The number of nitrogens with two attached hydrogens (primary N) is 1. The SMILES string of the molecule is C#CC(NN)c1cccnc1OC. The number of hydrogen-bond donors (Lipinski definition) is 2. The third kappa shape index (κ3) is 1.96. The zero-order valence-electron chi connectivity index (χ0n) is 7.32. The number of nitrogens with zero attached hydrogens (tertiary/aromatic N) is 1. The summed E-state index contributed by atoms with van der Waals surface area (Å²) in [6.45, 7) is 0. The van der Waals surface area contributed by atoms with E-state index in [0.717, 1.165) is 5.56 Å². The molecule has 13 heavy (non-hydrogen) atoms. The monoisotopic (exact) mass is 177 g/mol. The molecule has 0 aliphatic carbocycles. The summed E-state index contributed by atoms with van der Waals surface area (Å²) in [7, 11) is 1.54. The van der Waals surface area contributed by atoms with E-state index in [1.54, 1.807) is 12.3 Å². The van der Waals surface area contributed by atoms with Gasteiger partial charge in [-0.05, 0) is 12.1 Å². The Hall–Kier alpha value is -1.57. The minimum atomic E-state index is -0.372. The number of aromatic nitrogens is 1. The van der Waals surface area contributed by atoms with Crippen LogP contribution >= 0.6 is 0 Å². The van der Waals surface area contributed by atoms with Gasteiger partial charge in [0.2, 0.25) is 5.88 Å². The minimum Gasteiger partial charge on any atom is -0.481 e. The predicted molar refractivity (Wildman–Crippen MR) is 49.7 cm³/mol. The first kappa shape index (κ1) is 9.52. The van der Waals surface area contributed by atoms with E-state index in [1.165, 1.54) is 7.11 Å². The maximum atomic E-state index is 5.26. The average Bonchev–Trinajstić information content (AvgIpc) is 2.20. The first-order valence-electron chi connectivity index (χ1n) is 3.74. The van der Waals surface area contributed by atoms with Gasteiger partial charge in [0.1, 0.15) is 6.04 Å². The smallest absolute Gasteiger partial charge is 0.218 e. The van der Waals surface area contributed by atoms with Gasteiger partial charge in [-0.2, -0.15) is 0 Å². The summed E-state index contributed by atoms with van der Waals surface area (Å²) in [4.78, 5) is 4.00. The standard InChI is InChI=1S/C9H11N3O/c1-3-8(12-10)7-5-4-6-11-9(7)13-2/h1,4-6,8,12H,10H2,2H3. The lowest BCUT2D eigenvalue weighted by Crippen LogP contribution is -2.27. The number of terminal acetylenes is 1. The van der Waals surface area contributed by atoms with Crippen molar-refractivity contribution in [3.63, 3.8) is 0 Å². The summed E-state index contributed by atoms with van der Waals surface area (Å²) < 4.78 is 5.03. The van der Waals surface area contributed by atoms with E-state index in [-0.39, 0.29) is 6.04 Å². The molecule has 0 amide bonds. The third-order valence-corrected chi connectivity index (χ3v) is 1.64. The number of hydrogen-bond acceptors (Lipinski definition) is 4. The van der Waals surface area contributed by atoms with Crippen LogP contribution in [0.2, 0.25) is 0 Å². The number of hydrazine groups is 1. The number of ether oxygens (including phenoxy) is 1. The molecule has 4 heteroatoms. The van der Waals surface area contributed by atoms with Gasteiger partial charge in [-0.25, -0.2) is 10.4 Å². The average molecular weight is 177 g/mol. The molecule has 0 spiro atoms. The van der Waals surface area contributed by atoms with Crippen LogP contribution in [0, 0.1) is 12.3 Å². The van der Waals surface area contributed by atoms with Gasteiger partial charge in [-0.15, -0.1) is 6.42 Å². The Bertz CT molecular complexity index is 319. The number of pyridine rings is 1. The van der Waals surface area contributed by atoms with Crippen LogP contribution in [0.3, 0.4) is 0 Å². The molecule has 3 N–H and O–H groups in total. The highest BCUT2D eigenvalue weighted by Gasteiger charge is 2.11. The summed E-state index contributed by atoms with van der Waals surface area (Å²) >= 11 is 0. The van der Waals surface area contributed by atoms with E-state index in [9.17, 15) is 0 Å². The second kappa shape index (κ2) is 4.45. The maximum absolute atomic E-state index is 5.26. The van der Waals surface area contributed by atoms with Crippen LogP contribution in [0.5, 0.6) is 5.88 Å². The fraction of sp³-hybridized carbons (Fsp3) is 0.222. The van der Waals surface area contributed by atoms with Crippen molar-refractivity contribution in [1.82, 2.24) is 10.4 Å². The molecule has 1 rings (SSSR count). The van der Waals surface area contributed by atoms with Gasteiger partial charge in [0, 0.05) is 11.8 Å². The number of methoxy groups -OCH3 is 1. The lowest BCUT2D eigenvalue weighted by atomic mass is 10.1. The molecule has 4 nitrogen and oxygen atoms in total. The zero-order chi connectivity index (χ0) is 9.68. The summed E-state index contributed by atoms with van der Waals surface area (Å²) in [5.74, 6) is 8.24. The molecule has 0 aromatic carbocycles. The van der Waals surface area contributed by atoms with Crippen LogP contribution in [-0.2, 0) is 0 Å². The van der Waals surface area contributed by atoms with Crippen molar-refractivity contribution in [2.24, 2.45) is 5.84 Å². The van der Waals surface area contributed by atoms with E-state index in [4.69, 9.17) is 17.0 Å². The Labute approximate surface area is 77.1 Å². The molecule has 0 saturated carbocycles. The molecule has 0 radical (unpaired) electrons. The van der Waals surface area contributed by atoms with Crippen molar-refractivity contribution < 1.29 is 4.74 Å². The molecule has 0 aliphatic heterocycles. The van der Waals surface area contributed by atoms with Gasteiger partial charge in [0.05, 0.1) is 7.11 Å². The molecular weight excluding hydrogens is 166 g/mol. The lowest BCUT2D eigenvalue weighted by molar-refractivity contribution is 0.388. The van der Waals surface area contributed by atoms with Crippen LogP contribution < -0.4 is 16.0 Å². The molecule has 0 saturated heterocycles. The van der Waals surface area contributed by atoms with Crippen molar-refractivity contribution in [3.8, 4) is 18.2 Å². The van der Waals surface area contributed by atoms with E-state index >= 15 is 0 Å². The lowest BCUT2D eigenvalue weighted by Gasteiger charge is -2.11. The fourth-order valence-corrected chi connectivity index (χ4v) is 1.02. The van der Waals surface area contributed by atoms with Crippen molar-refractivity contribution >= 4 is 0 Å². The van der Waals surface area contributed by atoms with Crippen LogP contribution in [-0.4, -0.2) is 12.1 Å². The minimum absolute atomic E-state index is 0.372. The zero-order valence-corrected chi connectivity index (χ0v) is 7.32. The van der Waals surface area contributed by atoms with E-state index in [1.807, 2.05) is 6.07 Å². The molecule has 0 aliphatic rings. The normalized spacial score (nSPS) is 11.8. The largest absolute Gasteiger partial charge is 0.481 e. The highest BCUT2D eigenvalue weighted by molar-refractivity contribution is 5.33. The van der Waals surface area contributed by atoms with Crippen LogP contribution in [0.25, 0.3) is 0 Å². The van der Waals surface area contributed by atoms with Gasteiger partial charge in [0.15, 0.2) is 0 Å². The number of rotatable bonds is 3. The first-order valence-corrected chi connectivity index (χ1v) is 3.74. The van der Waals surface area contributed by atoms with E-state index < -0.39 is 0 Å². The van der Waals surface area contributed by atoms with Crippen molar-refractivity contribution in [1.29, 1.82) is 0 Å². The molecule has 1 unspecified atom stereocenters. The predicted octanol–water partition coefficient (Wildman–Crippen LogP) is 0.228. The maximum Gasteiger partial charge on any atom is 0.218 e. The van der Waals surface area contributed by atoms with Crippen molar-refractivity contribution in [3.05, 3.63) is 23.9 Å². The van der Waals surface area contributed by atoms with E-state index in [0.29, 0.717) is 5.88 Å². The molecule has 1 atom stereocenters. The van der Waals surface area contributed by atoms with E-state index in [2.05, 4.69) is 16.3 Å². The fourth-order valence-electron chi connectivity index (χ4n) is 1.02. The van der Waals surface area contributed by atoms with Crippen LogP contribution in [0.4, 0.5) is 0 Å². The Balaban J connectivity index is 3.05. The molecule has 1 aromatic heterocycles. The Morgan fingerprint density at radius 1 is 1.77 bits per heavy atom. The van der Waals surface area contributed by atoms with Crippen LogP contribution in [0.15, 0.2) is 18.3 Å². The summed E-state index contributed by atoms with van der Waals surface area (Å²) in [6.07, 6.45) is 6.89. The third-order valence-electron chi connectivity index (χ3n) is 1.64. The number of nitrogens with one attached hydrogen (secondary N) is 1. The molecule has 1 aromatic rings. The summed E-state index contributed by atoms with van der Waals surface area (Å²) in [5.41, 5.74) is 3.25. The summed E-state index contributed by atoms with van der Waals surface area (Å²) in [6, 6.07) is 3.22. The quantitative estimate of drug-likeness (QED) is 0.394. The van der Waals surface area contributed by atoms with Gasteiger partial charge in [0.25, 0.3) is 0 Å². The van der Waals surface area contributed by atoms with Gasteiger partial charge in [-0.1, -0.05) is 5.92 Å². The molecule has 1 heterocycles.